The summed E-state index contributed by atoms with van der Waals surface area (Å²) in [6.07, 6.45) is 0. The van der Waals surface area contributed by atoms with Crippen molar-refractivity contribution in [1.82, 2.24) is 16.2 Å². The molecule has 0 aliphatic carbocycles. The van der Waals surface area contributed by atoms with Crippen LogP contribution in [0.2, 0.25) is 0 Å². The van der Waals surface area contributed by atoms with Gasteiger partial charge in [0.2, 0.25) is 5.91 Å². The van der Waals surface area contributed by atoms with Crippen molar-refractivity contribution in [3.8, 4) is 17.2 Å². The fourth-order valence-corrected chi connectivity index (χ4v) is 3.97. The maximum absolute atomic E-state index is 12.5. The second-order valence-electron chi connectivity index (χ2n) is 6.74. The third kappa shape index (κ3) is 3.09. The SMILES string of the molecule is CCOc1cc(C2NC(=O)C3NNC(c4cccc(OC)c4)C32)ccc1O. The van der Waals surface area contributed by atoms with E-state index in [0.29, 0.717) is 12.4 Å². The van der Waals surface area contributed by atoms with E-state index in [4.69, 9.17) is 9.47 Å². The Morgan fingerprint density at radius 3 is 2.59 bits per heavy atom. The van der Waals surface area contributed by atoms with Crippen LogP contribution >= 0.6 is 0 Å². The topological polar surface area (TPSA) is 91.9 Å². The average Bonchev–Trinajstić information content (AvgIpc) is 3.25. The number of phenolic OH excluding ortho intramolecular Hbond substituents is 1. The highest BCUT2D eigenvalue weighted by molar-refractivity contribution is 5.86. The van der Waals surface area contributed by atoms with Crippen LogP contribution in [0.4, 0.5) is 0 Å². The van der Waals surface area contributed by atoms with Gasteiger partial charge in [-0.05, 0) is 42.3 Å². The monoisotopic (exact) mass is 369 g/mol. The van der Waals surface area contributed by atoms with Crippen molar-refractivity contribution in [2.24, 2.45) is 5.92 Å². The number of aromatic hydroxyl groups is 1. The minimum Gasteiger partial charge on any atom is -0.504 e. The van der Waals surface area contributed by atoms with Crippen LogP contribution in [0.5, 0.6) is 17.2 Å². The number of hydrogen-bond donors (Lipinski definition) is 4. The second kappa shape index (κ2) is 7.09. The van der Waals surface area contributed by atoms with Gasteiger partial charge in [0, 0.05) is 5.92 Å². The van der Waals surface area contributed by atoms with Gasteiger partial charge < -0.3 is 19.9 Å². The maximum Gasteiger partial charge on any atom is 0.239 e. The summed E-state index contributed by atoms with van der Waals surface area (Å²) in [4.78, 5) is 12.5. The summed E-state index contributed by atoms with van der Waals surface area (Å²) >= 11 is 0. The summed E-state index contributed by atoms with van der Waals surface area (Å²) in [6.45, 7) is 2.32. The van der Waals surface area contributed by atoms with Crippen molar-refractivity contribution >= 4 is 5.91 Å². The summed E-state index contributed by atoms with van der Waals surface area (Å²) < 4.78 is 10.8. The van der Waals surface area contributed by atoms with Gasteiger partial charge in [0.25, 0.3) is 0 Å². The fraction of sp³-hybridized carbons (Fsp3) is 0.350. The molecule has 0 bridgehead atoms. The highest BCUT2D eigenvalue weighted by Gasteiger charge is 2.51. The lowest BCUT2D eigenvalue weighted by atomic mass is 9.83. The molecule has 27 heavy (non-hydrogen) atoms. The molecule has 2 aromatic rings. The van der Waals surface area contributed by atoms with Gasteiger partial charge in [-0.2, -0.15) is 0 Å². The molecule has 0 spiro atoms. The van der Waals surface area contributed by atoms with Gasteiger partial charge in [-0.3, -0.25) is 4.79 Å². The van der Waals surface area contributed by atoms with Crippen LogP contribution < -0.4 is 25.6 Å². The molecule has 2 aliphatic rings. The van der Waals surface area contributed by atoms with Crippen LogP contribution in [0.3, 0.4) is 0 Å². The van der Waals surface area contributed by atoms with E-state index in [1.54, 1.807) is 19.2 Å². The number of methoxy groups -OCH3 is 1. The van der Waals surface area contributed by atoms with Crippen LogP contribution in [-0.2, 0) is 4.79 Å². The van der Waals surface area contributed by atoms with Crippen molar-refractivity contribution < 1.29 is 19.4 Å². The number of carbonyl (C=O) groups is 1. The Labute approximate surface area is 157 Å². The van der Waals surface area contributed by atoms with E-state index >= 15 is 0 Å². The van der Waals surface area contributed by atoms with E-state index in [0.717, 1.165) is 16.9 Å². The number of hydrogen-bond acceptors (Lipinski definition) is 6. The number of carbonyl (C=O) groups excluding carboxylic acids is 1. The first-order valence-corrected chi connectivity index (χ1v) is 9.03. The van der Waals surface area contributed by atoms with E-state index in [-0.39, 0.29) is 35.7 Å². The minimum absolute atomic E-state index is 0.0383. The summed E-state index contributed by atoms with van der Waals surface area (Å²) in [5.74, 6) is 1.20. The van der Waals surface area contributed by atoms with Crippen molar-refractivity contribution in [2.75, 3.05) is 13.7 Å². The first-order valence-electron chi connectivity index (χ1n) is 9.03. The lowest BCUT2D eigenvalue weighted by Gasteiger charge is -2.25. The smallest absolute Gasteiger partial charge is 0.239 e. The normalized spacial score (nSPS) is 26.5. The van der Waals surface area contributed by atoms with Crippen LogP contribution in [0.15, 0.2) is 42.5 Å². The summed E-state index contributed by atoms with van der Waals surface area (Å²) in [5, 5.41) is 13.1. The van der Waals surface area contributed by atoms with E-state index in [9.17, 15) is 9.90 Å². The molecule has 4 N–H and O–H groups in total. The van der Waals surface area contributed by atoms with Gasteiger partial charge in [-0.25, -0.2) is 10.9 Å². The second-order valence-corrected chi connectivity index (χ2v) is 6.74. The highest BCUT2D eigenvalue weighted by Crippen LogP contribution is 2.44. The number of phenols is 1. The Morgan fingerprint density at radius 1 is 1.04 bits per heavy atom. The van der Waals surface area contributed by atoms with Gasteiger partial charge in [0.1, 0.15) is 11.8 Å². The van der Waals surface area contributed by atoms with Gasteiger partial charge in [-0.15, -0.1) is 0 Å². The zero-order valence-corrected chi connectivity index (χ0v) is 15.2. The number of ether oxygens (including phenoxy) is 2. The molecule has 2 aliphatic heterocycles. The molecule has 2 heterocycles. The van der Waals surface area contributed by atoms with Crippen LogP contribution in [-0.4, -0.2) is 30.8 Å². The Hall–Kier alpha value is -2.77. The molecule has 7 heteroatoms. The quantitative estimate of drug-likeness (QED) is 0.643. The molecule has 2 fully saturated rings. The number of rotatable bonds is 5. The minimum atomic E-state index is -0.337. The molecule has 142 valence electrons. The van der Waals surface area contributed by atoms with E-state index in [1.165, 1.54) is 0 Å². The Morgan fingerprint density at radius 2 is 1.81 bits per heavy atom. The predicted molar refractivity (Wildman–Crippen MR) is 99.4 cm³/mol. The van der Waals surface area contributed by atoms with Gasteiger partial charge in [0.15, 0.2) is 11.5 Å². The molecular weight excluding hydrogens is 346 g/mol. The Bertz CT molecular complexity index is 857. The molecule has 1 amide bonds. The molecule has 2 saturated heterocycles. The first kappa shape index (κ1) is 17.6. The van der Waals surface area contributed by atoms with E-state index in [1.807, 2.05) is 37.3 Å². The molecule has 4 unspecified atom stereocenters. The maximum atomic E-state index is 12.5. The molecule has 0 saturated carbocycles. The molecule has 2 aromatic carbocycles. The summed E-state index contributed by atoms with van der Waals surface area (Å²) in [7, 11) is 1.64. The van der Waals surface area contributed by atoms with Gasteiger partial charge in [0.05, 0.1) is 25.8 Å². The predicted octanol–water partition coefficient (Wildman–Crippen LogP) is 1.80. The molecule has 0 aromatic heterocycles. The third-order valence-corrected chi connectivity index (χ3v) is 5.23. The van der Waals surface area contributed by atoms with Crippen LogP contribution in [0.1, 0.15) is 30.1 Å². The standard InChI is InChI=1S/C20H23N3O4/c1-3-27-15-10-12(7-8-14(15)24)17-16-18(22-23-19(16)20(25)21-17)11-5-4-6-13(9-11)26-2/h4-10,16-19,22-24H,3H2,1-2H3,(H,21,25). The number of amides is 1. The van der Waals surface area contributed by atoms with Crippen molar-refractivity contribution in [3.05, 3.63) is 53.6 Å². The fourth-order valence-electron chi connectivity index (χ4n) is 3.97. The van der Waals surface area contributed by atoms with E-state index < -0.39 is 0 Å². The molecule has 4 atom stereocenters. The van der Waals surface area contributed by atoms with Crippen molar-refractivity contribution in [1.29, 1.82) is 0 Å². The summed E-state index contributed by atoms with van der Waals surface area (Å²) in [6, 6.07) is 12.4. The number of nitrogens with one attached hydrogen (secondary N) is 3. The molecule has 4 rings (SSSR count). The summed E-state index contributed by atoms with van der Waals surface area (Å²) in [5.41, 5.74) is 8.32. The van der Waals surface area contributed by atoms with Crippen molar-refractivity contribution in [2.45, 2.75) is 25.0 Å². The number of benzene rings is 2. The van der Waals surface area contributed by atoms with Crippen LogP contribution in [0.25, 0.3) is 0 Å². The molecular formula is C20H23N3O4. The lowest BCUT2D eigenvalue weighted by molar-refractivity contribution is -0.121. The van der Waals surface area contributed by atoms with E-state index in [2.05, 4.69) is 16.2 Å². The molecule has 0 radical (unpaired) electrons. The zero-order valence-electron chi connectivity index (χ0n) is 15.2. The van der Waals surface area contributed by atoms with Gasteiger partial charge >= 0.3 is 0 Å². The number of fused-ring (bicyclic) bond motifs is 1. The van der Waals surface area contributed by atoms with Crippen LogP contribution in [0, 0.1) is 5.92 Å². The average molecular weight is 369 g/mol. The molecule has 7 nitrogen and oxygen atoms in total. The Kier molecular flexibility index (Phi) is 4.63. The zero-order chi connectivity index (χ0) is 19.0. The van der Waals surface area contributed by atoms with Gasteiger partial charge in [-0.1, -0.05) is 18.2 Å². The third-order valence-electron chi connectivity index (χ3n) is 5.23. The number of hydrazine groups is 1. The first-order chi connectivity index (χ1) is 13.1. The Balaban J connectivity index is 1.69. The lowest BCUT2D eigenvalue weighted by Crippen LogP contribution is -2.39. The van der Waals surface area contributed by atoms with Crippen molar-refractivity contribution in [3.63, 3.8) is 0 Å². The largest absolute Gasteiger partial charge is 0.504 e. The highest BCUT2D eigenvalue weighted by atomic mass is 16.5.